The molecule has 0 atom stereocenters. The first-order valence-corrected chi connectivity index (χ1v) is 7.18. The SMILES string of the molecule is CC(C)OC(=O)c1cc([N+](=O)[O-])cc(S(N)(=O)=O)c1Cl. The van der Waals surface area contributed by atoms with Crippen molar-refractivity contribution in [1.82, 2.24) is 0 Å². The average molecular weight is 323 g/mol. The van der Waals surface area contributed by atoms with Gasteiger partial charge in [0.15, 0.2) is 0 Å². The van der Waals surface area contributed by atoms with E-state index in [4.69, 9.17) is 21.5 Å². The van der Waals surface area contributed by atoms with Crippen LogP contribution in [0.3, 0.4) is 0 Å². The van der Waals surface area contributed by atoms with Crippen LogP contribution < -0.4 is 5.14 Å². The number of nitrogens with two attached hydrogens (primary N) is 1. The van der Waals surface area contributed by atoms with Crippen molar-refractivity contribution in [1.29, 1.82) is 0 Å². The number of carbonyl (C=O) groups is 1. The van der Waals surface area contributed by atoms with Gasteiger partial charge < -0.3 is 4.74 Å². The number of hydrogen-bond donors (Lipinski definition) is 1. The van der Waals surface area contributed by atoms with Crippen molar-refractivity contribution in [3.05, 3.63) is 32.8 Å². The highest BCUT2D eigenvalue weighted by Crippen LogP contribution is 2.30. The second-order valence-electron chi connectivity index (χ2n) is 4.06. The summed E-state index contributed by atoms with van der Waals surface area (Å²) in [7, 11) is -4.32. The standard InChI is InChI=1S/C10H11ClN2O6S/c1-5(2)19-10(14)7-3-6(13(15)16)4-8(9(7)11)20(12,17)18/h3-5H,1-2H3,(H2,12,17,18). The number of hydrogen-bond acceptors (Lipinski definition) is 6. The number of benzene rings is 1. The zero-order valence-corrected chi connectivity index (χ0v) is 12.1. The maximum atomic E-state index is 11.8. The van der Waals surface area contributed by atoms with E-state index < -0.39 is 48.2 Å². The first-order valence-electron chi connectivity index (χ1n) is 5.25. The van der Waals surface area contributed by atoms with E-state index in [2.05, 4.69) is 0 Å². The lowest BCUT2D eigenvalue weighted by molar-refractivity contribution is -0.385. The second-order valence-corrected chi connectivity index (χ2v) is 5.97. The molecular weight excluding hydrogens is 312 g/mol. The minimum absolute atomic E-state index is 0.432. The molecule has 1 aromatic rings. The number of esters is 1. The van der Waals surface area contributed by atoms with Crippen molar-refractivity contribution < 1.29 is 22.9 Å². The van der Waals surface area contributed by atoms with E-state index >= 15 is 0 Å². The lowest BCUT2D eigenvalue weighted by Gasteiger charge is -2.10. The largest absolute Gasteiger partial charge is 0.459 e. The summed E-state index contributed by atoms with van der Waals surface area (Å²) >= 11 is 5.77. The number of primary sulfonamides is 1. The third-order valence-corrected chi connectivity index (χ3v) is 3.56. The summed E-state index contributed by atoms with van der Waals surface area (Å²) in [5.74, 6) is -0.974. The van der Waals surface area contributed by atoms with E-state index in [0.29, 0.717) is 6.07 Å². The van der Waals surface area contributed by atoms with Crippen LogP contribution in [0.2, 0.25) is 5.02 Å². The Morgan fingerprint density at radius 3 is 2.40 bits per heavy atom. The summed E-state index contributed by atoms with van der Waals surface area (Å²) in [6, 6.07) is 1.52. The summed E-state index contributed by atoms with van der Waals surface area (Å²) in [4.78, 5) is 21.0. The van der Waals surface area contributed by atoms with Gasteiger partial charge in [0.2, 0.25) is 10.0 Å². The number of halogens is 1. The van der Waals surface area contributed by atoms with E-state index in [-0.39, 0.29) is 0 Å². The van der Waals surface area contributed by atoms with Crippen molar-refractivity contribution in [2.45, 2.75) is 24.8 Å². The van der Waals surface area contributed by atoms with Crippen LogP contribution in [0, 0.1) is 10.1 Å². The van der Waals surface area contributed by atoms with Crippen LogP contribution >= 0.6 is 11.6 Å². The van der Waals surface area contributed by atoms with Crippen LogP contribution in [0.25, 0.3) is 0 Å². The Kier molecular flexibility index (Phi) is 4.69. The number of nitrogens with zero attached hydrogens (tertiary/aromatic N) is 1. The van der Waals surface area contributed by atoms with Gasteiger partial charge in [-0.15, -0.1) is 0 Å². The Morgan fingerprint density at radius 2 is 2.00 bits per heavy atom. The van der Waals surface area contributed by atoms with E-state index in [0.717, 1.165) is 6.07 Å². The normalized spacial score (nSPS) is 11.4. The highest BCUT2D eigenvalue weighted by Gasteiger charge is 2.26. The summed E-state index contributed by atoms with van der Waals surface area (Å²) in [6.07, 6.45) is -0.504. The van der Waals surface area contributed by atoms with E-state index in [1.54, 1.807) is 13.8 Å². The summed E-state index contributed by atoms with van der Waals surface area (Å²) in [5, 5.41) is 15.2. The molecule has 0 unspecified atom stereocenters. The van der Waals surface area contributed by atoms with Gasteiger partial charge in [-0.2, -0.15) is 0 Å². The van der Waals surface area contributed by atoms with Crippen molar-refractivity contribution in [3.8, 4) is 0 Å². The molecular formula is C10H11ClN2O6S. The molecule has 0 fully saturated rings. The smallest absolute Gasteiger partial charge is 0.340 e. The van der Waals surface area contributed by atoms with Crippen molar-refractivity contribution in [3.63, 3.8) is 0 Å². The Hall–Kier alpha value is -1.71. The van der Waals surface area contributed by atoms with Gasteiger partial charge in [-0.25, -0.2) is 18.4 Å². The minimum Gasteiger partial charge on any atom is -0.459 e. The summed E-state index contributed by atoms with van der Waals surface area (Å²) in [5.41, 5.74) is -1.06. The van der Waals surface area contributed by atoms with Crippen LogP contribution in [0.1, 0.15) is 24.2 Å². The molecule has 0 saturated heterocycles. The third kappa shape index (κ3) is 3.65. The van der Waals surface area contributed by atoms with Gasteiger partial charge in [0.1, 0.15) is 4.90 Å². The van der Waals surface area contributed by atoms with Crippen LogP contribution in [0.5, 0.6) is 0 Å². The van der Waals surface area contributed by atoms with Gasteiger partial charge in [-0.05, 0) is 13.8 Å². The molecule has 0 aliphatic heterocycles. The van der Waals surface area contributed by atoms with E-state index in [1.165, 1.54) is 0 Å². The Labute approximate surface area is 119 Å². The van der Waals surface area contributed by atoms with Crippen molar-refractivity contribution in [2.24, 2.45) is 5.14 Å². The number of non-ortho nitro benzene ring substituents is 1. The topological polar surface area (TPSA) is 130 Å². The molecule has 20 heavy (non-hydrogen) atoms. The maximum absolute atomic E-state index is 11.8. The number of rotatable bonds is 4. The van der Waals surface area contributed by atoms with Gasteiger partial charge in [0.25, 0.3) is 5.69 Å². The van der Waals surface area contributed by atoms with Gasteiger partial charge >= 0.3 is 5.97 Å². The molecule has 0 spiro atoms. The molecule has 8 nitrogen and oxygen atoms in total. The molecule has 2 N–H and O–H groups in total. The lowest BCUT2D eigenvalue weighted by atomic mass is 10.2. The number of ether oxygens (including phenoxy) is 1. The molecule has 0 heterocycles. The second kappa shape index (κ2) is 5.73. The molecule has 0 radical (unpaired) electrons. The predicted octanol–water partition coefficient (Wildman–Crippen LogP) is 1.46. The van der Waals surface area contributed by atoms with E-state index in [9.17, 15) is 23.3 Å². The van der Waals surface area contributed by atoms with Crippen LogP contribution in [0.15, 0.2) is 17.0 Å². The maximum Gasteiger partial charge on any atom is 0.340 e. The average Bonchev–Trinajstić information content (AvgIpc) is 2.25. The van der Waals surface area contributed by atoms with Gasteiger partial charge in [0.05, 0.1) is 21.6 Å². The fourth-order valence-electron chi connectivity index (χ4n) is 1.32. The molecule has 0 aliphatic carbocycles. The lowest BCUT2D eigenvalue weighted by Crippen LogP contribution is -2.17. The highest BCUT2D eigenvalue weighted by atomic mass is 35.5. The Balaban J connectivity index is 3.56. The zero-order valence-electron chi connectivity index (χ0n) is 10.5. The number of sulfonamides is 1. The monoisotopic (exact) mass is 322 g/mol. The highest BCUT2D eigenvalue weighted by molar-refractivity contribution is 7.89. The first kappa shape index (κ1) is 16.3. The summed E-state index contributed by atoms with van der Waals surface area (Å²) < 4.78 is 27.5. The molecule has 0 aromatic heterocycles. The number of nitro groups is 1. The number of carbonyl (C=O) groups excluding carboxylic acids is 1. The fraction of sp³-hybridized carbons (Fsp3) is 0.300. The van der Waals surface area contributed by atoms with Crippen LogP contribution in [-0.2, 0) is 14.8 Å². The third-order valence-electron chi connectivity index (χ3n) is 2.10. The minimum atomic E-state index is -4.32. The van der Waals surface area contributed by atoms with Gasteiger partial charge in [0, 0.05) is 12.1 Å². The number of nitro benzene ring substituents is 1. The summed E-state index contributed by atoms with van der Waals surface area (Å²) in [6.45, 7) is 3.12. The Morgan fingerprint density at radius 1 is 1.45 bits per heavy atom. The van der Waals surface area contributed by atoms with E-state index in [1.807, 2.05) is 0 Å². The molecule has 110 valence electrons. The fourth-order valence-corrected chi connectivity index (χ4v) is 2.48. The zero-order chi connectivity index (χ0) is 15.7. The molecule has 0 saturated carbocycles. The molecule has 1 aromatic carbocycles. The first-order chi connectivity index (χ1) is 9.04. The molecule has 0 bridgehead atoms. The predicted molar refractivity (Wildman–Crippen MR) is 70.0 cm³/mol. The van der Waals surface area contributed by atoms with Gasteiger partial charge in [-0.3, -0.25) is 10.1 Å². The molecule has 0 amide bonds. The quantitative estimate of drug-likeness (QED) is 0.507. The molecule has 1 rings (SSSR count). The van der Waals surface area contributed by atoms with Crippen molar-refractivity contribution in [2.75, 3.05) is 0 Å². The van der Waals surface area contributed by atoms with Gasteiger partial charge in [-0.1, -0.05) is 11.6 Å². The molecule has 10 heteroatoms. The molecule has 0 aliphatic rings. The van der Waals surface area contributed by atoms with Crippen LogP contribution in [-0.4, -0.2) is 25.4 Å². The van der Waals surface area contributed by atoms with Crippen molar-refractivity contribution >= 4 is 33.3 Å². The Bertz CT molecular complexity index is 671. The van der Waals surface area contributed by atoms with Crippen LogP contribution in [0.4, 0.5) is 5.69 Å².